The predicted molar refractivity (Wildman–Crippen MR) is 102 cm³/mol. The fourth-order valence-electron chi connectivity index (χ4n) is 2.65. The van der Waals surface area contributed by atoms with Crippen molar-refractivity contribution in [1.82, 2.24) is 20.6 Å². The number of hydrogen-bond acceptors (Lipinski definition) is 3. The Morgan fingerprint density at radius 2 is 1.69 bits per heavy atom. The zero-order chi connectivity index (χ0) is 18.0. The summed E-state index contributed by atoms with van der Waals surface area (Å²) in [7, 11) is 0. The van der Waals surface area contributed by atoms with Crippen molar-refractivity contribution < 1.29 is 4.79 Å². The van der Waals surface area contributed by atoms with Crippen LogP contribution in [0, 0.1) is 0 Å². The zero-order valence-corrected chi connectivity index (χ0v) is 14.6. The van der Waals surface area contributed by atoms with Gasteiger partial charge >= 0.3 is 6.03 Å². The number of carbonyl (C=O) groups is 1. The lowest BCUT2D eigenvalue weighted by Crippen LogP contribution is -2.35. The van der Waals surface area contributed by atoms with Gasteiger partial charge in [-0.1, -0.05) is 30.3 Å². The summed E-state index contributed by atoms with van der Waals surface area (Å²) in [5, 5.41) is 5.78. The van der Waals surface area contributed by atoms with E-state index in [4.69, 9.17) is 0 Å². The molecule has 26 heavy (non-hydrogen) atoms. The standard InChI is InChI=1S/C21H22N4O/c26-21(24-11-4-7-17-5-2-1-3-6-17)25-16-18-8-14-23-20(15-18)19-9-12-22-13-10-19/h1-3,5-6,8-10,12-15H,4,7,11,16H2,(H2,24,25,26). The van der Waals surface area contributed by atoms with Crippen molar-refractivity contribution in [2.45, 2.75) is 19.4 Å². The maximum absolute atomic E-state index is 11.9. The van der Waals surface area contributed by atoms with Crippen molar-refractivity contribution in [2.75, 3.05) is 6.54 Å². The molecule has 2 N–H and O–H groups in total. The molecule has 2 aromatic heterocycles. The van der Waals surface area contributed by atoms with Gasteiger partial charge < -0.3 is 10.6 Å². The van der Waals surface area contributed by atoms with E-state index in [0.29, 0.717) is 13.1 Å². The Labute approximate surface area is 153 Å². The van der Waals surface area contributed by atoms with Crippen LogP contribution in [0.4, 0.5) is 4.79 Å². The Kier molecular flexibility index (Phi) is 6.31. The van der Waals surface area contributed by atoms with E-state index in [1.165, 1.54) is 5.56 Å². The molecule has 0 radical (unpaired) electrons. The fraction of sp³-hybridized carbons (Fsp3) is 0.190. The first kappa shape index (κ1) is 17.6. The Morgan fingerprint density at radius 1 is 0.885 bits per heavy atom. The molecule has 0 unspecified atom stereocenters. The highest BCUT2D eigenvalue weighted by atomic mass is 16.2. The molecule has 0 aliphatic rings. The minimum absolute atomic E-state index is 0.152. The highest BCUT2D eigenvalue weighted by Crippen LogP contribution is 2.16. The largest absolute Gasteiger partial charge is 0.338 e. The molecule has 0 aliphatic carbocycles. The molecule has 0 saturated heterocycles. The van der Waals surface area contributed by atoms with Crippen LogP contribution in [0.25, 0.3) is 11.3 Å². The summed E-state index contributed by atoms with van der Waals surface area (Å²) >= 11 is 0. The number of benzene rings is 1. The molecule has 2 heterocycles. The van der Waals surface area contributed by atoms with Crippen LogP contribution >= 0.6 is 0 Å². The Bertz CT molecular complexity index is 822. The summed E-state index contributed by atoms with van der Waals surface area (Å²) in [5.41, 5.74) is 4.17. The molecule has 0 atom stereocenters. The van der Waals surface area contributed by atoms with Crippen LogP contribution in [-0.4, -0.2) is 22.5 Å². The van der Waals surface area contributed by atoms with Gasteiger partial charge in [0.25, 0.3) is 0 Å². The zero-order valence-electron chi connectivity index (χ0n) is 14.6. The number of hydrogen-bond donors (Lipinski definition) is 2. The van der Waals surface area contributed by atoms with Crippen molar-refractivity contribution in [3.8, 4) is 11.3 Å². The van der Waals surface area contributed by atoms with Crippen LogP contribution < -0.4 is 10.6 Å². The summed E-state index contributed by atoms with van der Waals surface area (Å²) in [6.07, 6.45) is 7.11. The van der Waals surface area contributed by atoms with Gasteiger partial charge in [-0.3, -0.25) is 9.97 Å². The van der Waals surface area contributed by atoms with E-state index < -0.39 is 0 Å². The smallest absolute Gasteiger partial charge is 0.315 e. The predicted octanol–water partition coefficient (Wildman–Crippen LogP) is 3.58. The number of urea groups is 1. The van der Waals surface area contributed by atoms with Crippen LogP contribution in [0.15, 0.2) is 73.2 Å². The Balaban J connectivity index is 1.42. The van der Waals surface area contributed by atoms with E-state index >= 15 is 0 Å². The molecule has 5 nitrogen and oxygen atoms in total. The van der Waals surface area contributed by atoms with E-state index in [9.17, 15) is 4.79 Å². The van der Waals surface area contributed by atoms with E-state index in [1.807, 2.05) is 42.5 Å². The summed E-state index contributed by atoms with van der Waals surface area (Å²) in [6, 6.07) is 17.8. The van der Waals surface area contributed by atoms with Crippen LogP contribution in [-0.2, 0) is 13.0 Å². The third-order valence-corrected chi connectivity index (χ3v) is 4.02. The number of rotatable bonds is 7. The van der Waals surface area contributed by atoms with Crippen molar-refractivity contribution in [3.05, 3.63) is 84.3 Å². The third kappa shape index (κ3) is 5.41. The average molecular weight is 346 g/mol. The monoisotopic (exact) mass is 346 g/mol. The maximum atomic E-state index is 11.9. The Morgan fingerprint density at radius 3 is 2.50 bits per heavy atom. The number of nitrogens with one attached hydrogen (secondary N) is 2. The van der Waals surface area contributed by atoms with Gasteiger partial charge in [0.1, 0.15) is 0 Å². The highest BCUT2D eigenvalue weighted by Gasteiger charge is 2.03. The minimum Gasteiger partial charge on any atom is -0.338 e. The number of carbonyl (C=O) groups excluding carboxylic acids is 1. The second-order valence-corrected chi connectivity index (χ2v) is 5.98. The molecule has 3 aromatic rings. The van der Waals surface area contributed by atoms with Gasteiger partial charge in [-0.05, 0) is 48.2 Å². The van der Waals surface area contributed by atoms with Crippen molar-refractivity contribution in [1.29, 1.82) is 0 Å². The Hall–Kier alpha value is -3.21. The minimum atomic E-state index is -0.152. The van der Waals surface area contributed by atoms with E-state index in [1.54, 1.807) is 18.6 Å². The average Bonchev–Trinajstić information content (AvgIpc) is 2.71. The van der Waals surface area contributed by atoms with Gasteiger partial charge in [-0.2, -0.15) is 0 Å². The summed E-state index contributed by atoms with van der Waals surface area (Å²) in [4.78, 5) is 20.3. The molecule has 0 spiro atoms. The van der Waals surface area contributed by atoms with Gasteiger partial charge in [-0.25, -0.2) is 4.79 Å². The SMILES string of the molecule is O=C(NCCCc1ccccc1)NCc1ccnc(-c2ccncc2)c1. The summed E-state index contributed by atoms with van der Waals surface area (Å²) in [6.45, 7) is 1.12. The van der Waals surface area contributed by atoms with Crippen LogP contribution in [0.2, 0.25) is 0 Å². The molecule has 2 amide bonds. The second-order valence-electron chi connectivity index (χ2n) is 5.98. The lowest BCUT2D eigenvalue weighted by Gasteiger charge is -2.09. The van der Waals surface area contributed by atoms with Crippen molar-refractivity contribution >= 4 is 6.03 Å². The van der Waals surface area contributed by atoms with E-state index in [-0.39, 0.29) is 6.03 Å². The summed E-state index contributed by atoms with van der Waals surface area (Å²) in [5.74, 6) is 0. The molecular formula is C21H22N4O. The highest BCUT2D eigenvalue weighted by molar-refractivity contribution is 5.73. The topological polar surface area (TPSA) is 66.9 Å². The van der Waals surface area contributed by atoms with Crippen LogP contribution in [0.5, 0.6) is 0 Å². The number of aromatic nitrogens is 2. The molecule has 132 valence electrons. The van der Waals surface area contributed by atoms with Crippen LogP contribution in [0.3, 0.4) is 0 Å². The first-order chi connectivity index (χ1) is 12.8. The van der Waals surface area contributed by atoms with Gasteiger partial charge in [0.05, 0.1) is 5.69 Å². The number of amides is 2. The van der Waals surface area contributed by atoms with Crippen LogP contribution in [0.1, 0.15) is 17.5 Å². The molecule has 0 saturated carbocycles. The van der Waals surface area contributed by atoms with Gasteiger partial charge in [0.2, 0.25) is 0 Å². The first-order valence-corrected chi connectivity index (χ1v) is 8.72. The van der Waals surface area contributed by atoms with Gasteiger partial charge in [0.15, 0.2) is 0 Å². The lowest BCUT2D eigenvalue weighted by molar-refractivity contribution is 0.240. The second kappa shape index (κ2) is 9.32. The number of aryl methyl sites for hydroxylation is 1. The molecule has 1 aromatic carbocycles. The van der Waals surface area contributed by atoms with Gasteiger partial charge in [-0.15, -0.1) is 0 Å². The first-order valence-electron chi connectivity index (χ1n) is 8.72. The van der Waals surface area contributed by atoms with E-state index in [0.717, 1.165) is 29.7 Å². The lowest BCUT2D eigenvalue weighted by atomic mass is 10.1. The number of nitrogens with zero attached hydrogens (tertiary/aromatic N) is 2. The third-order valence-electron chi connectivity index (χ3n) is 4.02. The molecule has 0 aliphatic heterocycles. The summed E-state index contributed by atoms with van der Waals surface area (Å²) < 4.78 is 0. The molecular weight excluding hydrogens is 324 g/mol. The maximum Gasteiger partial charge on any atom is 0.315 e. The quantitative estimate of drug-likeness (QED) is 0.643. The van der Waals surface area contributed by atoms with E-state index in [2.05, 4.69) is 32.7 Å². The molecule has 0 fully saturated rings. The molecule has 0 bridgehead atoms. The number of pyridine rings is 2. The fourth-order valence-corrected chi connectivity index (χ4v) is 2.65. The molecule has 5 heteroatoms. The molecule has 3 rings (SSSR count). The van der Waals surface area contributed by atoms with Crippen molar-refractivity contribution in [3.63, 3.8) is 0 Å². The normalized spacial score (nSPS) is 10.3. The van der Waals surface area contributed by atoms with Gasteiger partial charge in [0, 0.05) is 37.2 Å². The van der Waals surface area contributed by atoms with Crippen molar-refractivity contribution in [2.24, 2.45) is 0 Å².